The van der Waals surface area contributed by atoms with Crippen LogP contribution in [0.15, 0.2) is 12.2 Å². The summed E-state index contributed by atoms with van der Waals surface area (Å²) in [6.07, 6.45) is 12.3. The molecule has 2 rings (SSSR count). The minimum atomic E-state index is -1.69. The molecular weight excluding hydrogens is 344 g/mol. The van der Waals surface area contributed by atoms with Crippen molar-refractivity contribution < 1.29 is 4.43 Å². The molecule has 0 amide bonds. The first-order valence-corrected chi connectivity index (χ1v) is 14.6. The van der Waals surface area contributed by atoms with Gasteiger partial charge in [-0.3, -0.25) is 0 Å². The smallest absolute Gasteiger partial charge is 0.192 e. The first kappa shape index (κ1) is 23.2. The molecule has 0 bridgehead atoms. The lowest BCUT2D eigenvalue weighted by Gasteiger charge is -2.49. The van der Waals surface area contributed by atoms with E-state index in [0.29, 0.717) is 28.4 Å². The van der Waals surface area contributed by atoms with Gasteiger partial charge in [0.2, 0.25) is 0 Å². The van der Waals surface area contributed by atoms with E-state index in [1.165, 1.54) is 32.1 Å². The molecule has 0 N–H and O–H groups in total. The van der Waals surface area contributed by atoms with Gasteiger partial charge in [-0.15, -0.1) is 0 Å². The van der Waals surface area contributed by atoms with E-state index in [9.17, 15) is 0 Å². The lowest BCUT2D eigenvalue weighted by molar-refractivity contribution is -0.0163. The zero-order valence-electron chi connectivity index (χ0n) is 20.1. The Kier molecular flexibility index (Phi) is 7.17. The lowest BCUT2D eigenvalue weighted by Crippen LogP contribution is -2.50. The number of hydrogen-bond donors (Lipinski definition) is 0. The Hall–Kier alpha value is -0.0831. The maximum Gasteiger partial charge on any atom is 0.192 e. The first-order valence-electron chi connectivity index (χ1n) is 11.7. The summed E-state index contributed by atoms with van der Waals surface area (Å²) >= 11 is 0. The zero-order valence-corrected chi connectivity index (χ0v) is 21.1. The highest BCUT2D eigenvalue weighted by Gasteiger charge is 2.54. The van der Waals surface area contributed by atoms with Crippen LogP contribution >= 0.6 is 0 Å². The van der Waals surface area contributed by atoms with Gasteiger partial charge in [0.15, 0.2) is 8.32 Å². The topological polar surface area (TPSA) is 9.23 Å². The van der Waals surface area contributed by atoms with E-state index >= 15 is 0 Å². The molecule has 2 heteroatoms. The number of fused-ring (bicyclic) bond motifs is 1. The van der Waals surface area contributed by atoms with Crippen molar-refractivity contribution in [1.82, 2.24) is 0 Å². The van der Waals surface area contributed by atoms with Crippen LogP contribution < -0.4 is 0 Å². The summed E-state index contributed by atoms with van der Waals surface area (Å²) in [5, 5.41) is 0.307. The van der Waals surface area contributed by atoms with Gasteiger partial charge in [-0.25, -0.2) is 0 Å². The fraction of sp³-hybridized carbons (Fsp3) is 0.920. The van der Waals surface area contributed by atoms with Crippen molar-refractivity contribution in [3.63, 3.8) is 0 Å². The molecule has 2 aliphatic rings. The van der Waals surface area contributed by atoms with E-state index in [1.807, 2.05) is 0 Å². The molecule has 3 unspecified atom stereocenters. The minimum absolute atomic E-state index is 0.307. The van der Waals surface area contributed by atoms with Gasteiger partial charge >= 0.3 is 0 Å². The predicted molar refractivity (Wildman–Crippen MR) is 123 cm³/mol. The fourth-order valence-electron chi connectivity index (χ4n) is 5.43. The molecule has 158 valence electrons. The summed E-state index contributed by atoms with van der Waals surface area (Å²) in [6, 6.07) is 0. The van der Waals surface area contributed by atoms with E-state index < -0.39 is 8.32 Å². The number of allylic oxidation sites excluding steroid dienone is 2. The molecule has 2 saturated carbocycles. The highest BCUT2D eigenvalue weighted by Crippen LogP contribution is 2.59. The largest absolute Gasteiger partial charge is 0.414 e. The van der Waals surface area contributed by atoms with E-state index in [1.54, 1.807) is 0 Å². The van der Waals surface area contributed by atoms with Crippen molar-refractivity contribution in [2.45, 2.75) is 112 Å². The highest BCUT2D eigenvalue weighted by atomic mass is 28.4. The third kappa shape index (κ3) is 4.92. The first-order chi connectivity index (χ1) is 12.3. The van der Waals surface area contributed by atoms with Crippen LogP contribution in [0, 0.1) is 35.0 Å². The van der Waals surface area contributed by atoms with Crippen molar-refractivity contribution in [3.8, 4) is 0 Å². The van der Waals surface area contributed by atoms with Gasteiger partial charge in [-0.05, 0) is 78.8 Å². The van der Waals surface area contributed by atoms with Crippen LogP contribution in [0.3, 0.4) is 0 Å². The Labute approximate surface area is 171 Å². The Morgan fingerprint density at radius 3 is 2.19 bits per heavy atom. The summed E-state index contributed by atoms with van der Waals surface area (Å²) < 4.78 is 7.00. The third-order valence-corrected chi connectivity index (χ3v) is 13.3. The molecule has 0 aromatic rings. The van der Waals surface area contributed by atoms with Crippen LogP contribution in [0.4, 0.5) is 0 Å². The number of rotatable bonds is 6. The van der Waals surface area contributed by atoms with Crippen molar-refractivity contribution in [1.29, 1.82) is 0 Å². The third-order valence-electron chi connectivity index (χ3n) is 8.79. The van der Waals surface area contributed by atoms with Gasteiger partial charge in [0.25, 0.3) is 0 Å². The molecule has 0 radical (unpaired) electrons. The van der Waals surface area contributed by atoms with Gasteiger partial charge in [-0.1, -0.05) is 74.0 Å². The van der Waals surface area contributed by atoms with E-state index in [0.717, 1.165) is 17.8 Å². The second-order valence-corrected chi connectivity index (χ2v) is 16.7. The van der Waals surface area contributed by atoms with Crippen molar-refractivity contribution in [2.75, 3.05) is 0 Å². The Morgan fingerprint density at radius 2 is 1.63 bits per heavy atom. The second kappa shape index (κ2) is 8.34. The zero-order chi connectivity index (χ0) is 20.6. The van der Waals surface area contributed by atoms with E-state index in [4.69, 9.17) is 4.43 Å². The van der Waals surface area contributed by atoms with Crippen LogP contribution in [0.25, 0.3) is 0 Å². The van der Waals surface area contributed by atoms with Crippen LogP contribution in [-0.2, 0) is 4.43 Å². The molecule has 6 atom stereocenters. The van der Waals surface area contributed by atoms with Crippen LogP contribution in [0.5, 0.6) is 0 Å². The molecule has 27 heavy (non-hydrogen) atoms. The molecular formula is C25H48OSi. The summed E-state index contributed by atoms with van der Waals surface area (Å²) in [5.41, 5.74) is 0.468. The monoisotopic (exact) mass is 392 g/mol. The molecule has 0 aromatic heterocycles. The SMILES string of the molecule is CC(C)[C@H](C)/C=C/[C@H](C)C1CCC2[C@H](O[Si](C)(C)C(C)(C)C)CCCC12C. The van der Waals surface area contributed by atoms with Gasteiger partial charge in [0, 0.05) is 6.10 Å². The molecule has 0 aliphatic heterocycles. The fourth-order valence-corrected chi connectivity index (χ4v) is 6.82. The van der Waals surface area contributed by atoms with Gasteiger partial charge in [0.1, 0.15) is 0 Å². The van der Waals surface area contributed by atoms with E-state index in [2.05, 4.69) is 80.6 Å². The summed E-state index contributed by atoms with van der Waals surface area (Å²) in [7, 11) is -1.69. The average molecular weight is 393 g/mol. The maximum absolute atomic E-state index is 7.00. The van der Waals surface area contributed by atoms with Crippen LogP contribution in [0.2, 0.25) is 18.1 Å². The van der Waals surface area contributed by atoms with Crippen molar-refractivity contribution >= 4 is 8.32 Å². The lowest BCUT2D eigenvalue weighted by atomic mass is 9.62. The standard InChI is InChI=1S/C25H48OSi/c1-18(2)19(3)13-14-20(4)21-15-16-22-23(12-11-17-25(21,22)8)26-27(9,10)24(5,6)7/h13-14,18-23H,11-12,15-17H2,1-10H3/b14-13+/t19-,20+,21?,22?,23-,25?/m1/s1. The summed E-state index contributed by atoms with van der Waals surface area (Å²) in [5.74, 6) is 3.69. The summed E-state index contributed by atoms with van der Waals surface area (Å²) in [6.45, 7) is 24.1. The van der Waals surface area contributed by atoms with Gasteiger partial charge in [0.05, 0.1) is 0 Å². The molecule has 2 fully saturated rings. The van der Waals surface area contributed by atoms with Crippen molar-refractivity contribution in [3.05, 3.63) is 12.2 Å². The quantitative estimate of drug-likeness (QED) is 0.328. The highest BCUT2D eigenvalue weighted by molar-refractivity contribution is 6.74. The Morgan fingerprint density at radius 1 is 1.00 bits per heavy atom. The predicted octanol–water partition coefficient (Wildman–Crippen LogP) is 8.08. The van der Waals surface area contributed by atoms with Crippen molar-refractivity contribution in [2.24, 2.45) is 35.0 Å². The van der Waals surface area contributed by atoms with E-state index in [-0.39, 0.29) is 0 Å². The minimum Gasteiger partial charge on any atom is -0.414 e. The van der Waals surface area contributed by atoms with Gasteiger partial charge in [-0.2, -0.15) is 0 Å². The van der Waals surface area contributed by atoms with Crippen LogP contribution in [0.1, 0.15) is 87.5 Å². The Bertz CT molecular complexity index is 515. The van der Waals surface area contributed by atoms with Crippen LogP contribution in [-0.4, -0.2) is 14.4 Å². The molecule has 1 nitrogen and oxygen atoms in total. The average Bonchev–Trinajstić information content (AvgIpc) is 2.89. The normalized spacial score (nSPS) is 34.9. The number of hydrogen-bond acceptors (Lipinski definition) is 1. The molecule has 0 aromatic carbocycles. The molecule has 2 aliphatic carbocycles. The molecule has 0 heterocycles. The molecule has 0 saturated heterocycles. The van der Waals surface area contributed by atoms with Gasteiger partial charge < -0.3 is 4.43 Å². The summed E-state index contributed by atoms with van der Waals surface area (Å²) in [4.78, 5) is 0. The maximum atomic E-state index is 7.00. The Balaban J connectivity index is 2.13. The second-order valence-electron chi connectivity index (χ2n) is 12.0. The molecule has 0 spiro atoms.